The van der Waals surface area contributed by atoms with Crippen molar-refractivity contribution in [2.45, 2.75) is 59.3 Å². The van der Waals surface area contributed by atoms with Gasteiger partial charge in [0.05, 0.1) is 0 Å². The number of carboxylic acids is 1. The summed E-state index contributed by atoms with van der Waals surface area (Å²) >= 11 is 0. The molecule has 0 fully saturated rings. The van der Waals surface area contributed by atoms with Gasteiger partial charge in [0, 0.05) is 23.5 Å². The molecule has 1 aromatic heterocycles. The average Bonchev–Trinajstić information content (AvgIpc) is 2.68. The third-order valence-electron chi connectivity index (χ3n) is 4.82. The van der Waals surface area contributed by atoms with E-state index in [2.05, 4.69) is 30.7 Å². The number of carboxylic acid groups (broad SMARTS) is 1. The van der Waals surface area contributed by atoms with E-state index in [1.807, 2.05) is 36.7 Å². The molecule has 27 heavy (non-hydrogen) atoms. The number of unbranched alkanes of at least 4 members (excludes halogenated alkanes) is 2. The van der Waals surface area contributed by atoms with E-state index in [-0.39, 0.29) is 0 Å². The van der Waals surface area contributed by atoms with Crippen LogP contribution < -0.4 is 0 Å². The molecule has 4 heteroatoms. The van der Waals surface area contributed by atoms with Gasteiger partial charge in [-0.05, 0) is 42.4 Å². The largest absolute Gasteiger partial charge is 0.478 e. The molecule has 0 saturated heterocycles. The number of hydrogen-bond acceptors (Lipinski definition) is 3. The van der Waals surface area contributed by atoms with Gasteiger partial charge in [0.25, 0.3) is 0 Å². The second kappa shape index (κ2) is 10.6. The normalized spacial score (nSPS) is 12.8. The number of aryl methyl sites for hydroxylation is 1. The molecule has 1 N–H and O–H groups in total. The topological polar surface area (TPSA) is 63.1 Å². The molecule has 2 rings (SSSR count). The second-order valence-electron chi connectivity index (χ2n) is 7.19. The molecule has 1 aromatic carbocycles. The van der Waals surface area contributed by atoms with Crippen molar-refractivity contribution >= 4 is 12.0 Å². The van der Waals surface area contributed by atoms with Gasteiger partial charge in [0.2, 0.25) is 0 Å². The fourth-order valence-electron chi connectivity index (χ4n) is 2.87. The number of aromatic nitrogens is 2. The van der Waals surface area contributed by atoms with Crippen molar-refractivity contribution in [2.24, 2.45) is 5.92 Å². The molecular weight excluding hydrogens is 336 g/mol. The molecule has 1 atom stereocenters. The van der Waals surface area contributed by atoms with E-state index >= 15 is 0 Å². The van der Waals surface area contributed by atoms with Gasteiger partial charge in [-0.15, -0.1) is 0 Å². The molecule has 0 amide bonds. The standard InChI is InChI=1S/C23H30N2O2/c1-4-6-7-8-19-15-24-22(25-16-19)20-11-9-18(10-12-20)14-21(23(26)27)13-17(3)5-2/h9-12,14-17H,4-8,13H2,1-3H3,(H,26,27)/t17-/m1/s1. The highest BCUT2D eigenvalue weighted by Crippen LogP contribution is 2.20. The predicted molar refractivity (Wildman–Crippen MR) is 110 cm³/mol. The number of benzene rings is 1. The lowest BCUT2D eigenvalue weighted by Crippen LogP contribution is -2.05. The monoisotopic (exact) mass is 366 g/mol. The van der Waals surface area contributed by atoms with Crippen molar-refractivity contribution in [3.63, 3.8) is 0 Å². The minimum Gasteiger partial charge on any atom is -0.478 e. The molecule has 0 aliphatic heterocycles. The Balaban J connectivity index is 2.09. The lowest BCUT2D eigenvalue weighted by Gasteiger charge is -2.09. The first kappa shape index (κ1) is 20.8. The van der Waals surface area contributed by atoms with Gasteiger partial charge < -0.3 is 5.11 Å². The number of hydrogen-bond donors (Lipinski definition) is 1. The average molecular weight is 367 g/mol. The molecule has 0 spiro atoms. The van der Waals surface area contributed by atoms with Gasteiger partial charge in [0.15, 0.2) is 5.82 Å². The second-order valence-corrected chi connectivity index (χ2v) is 7.19. The molecule has 0 aliphatic carbocycles. The Kier molecular flexibility index (Phi) is 8.18. The summed E-state index contributed by atoms with van der Waals surface area (Å²) in [5.41, 5.74) is 3.44. The van der Waals surface area contributed by atoms with Crippen LogP contribution in [0, 0.1) is 5.92 Å². The Morgan fingerprint density at radius 3 is 2.33 bits per heavy atom. The summed E-state index contributed by atoms with van der Waals surface area (Å²) in [7, 11) is 0. The highest BCUT2D eigenvalue weighted by Gasteiger charge is 2.11. The van der Waals surface area contributed by atoms with E-state index in [1.165, 1.54) is 24.8 Å². The minimum atomic E-state index is -0.846. The molecule has 1 heterocycles. The molecule has 2 aromatic rings. The SMILES string of the molecule is CCCCCc1cnc(-c2ccc(C=C(C[C@H](C)CC)C(=O)O)cc2)nc1. The first-order valence-electron chi connectivity index (χ1n) is 9.88. The van der Waals surface area contributed by atoms with Crippen molar-refractivity contribution in [3.05, 3.63) is 53.4 Å². The van der Waals surface area contributed by atoms with Gasteiger partial charge in [-0.3, -0.25) is 0 Å². The van der Waals surface area contributed by atoms with Crippen LogP contribution in [-0.2, 0) is 11.2 Å². The molecule has 0 bridgehead atoms. The lowest BCUT2D eigenvalue weighted by molar-refractivity contribution is -0.132. The summed E-state index contributed by atoms with van der Waals surface area (Å²) in [6.45, 7) is 6.35. The van der Waals surface area contributed by atoms with E-state index in [0.29, 0.717) is 23.7 Å². The Bertz CT molecular complexity index is 749. The zero-order valence-electron chi connectivity index (χ0n) is 16.6. The van der Waals surface area contributed by atoms with Crippen LogP contribution in [0.3, 0.4) is 0 Å². The Labute approximate surface area is 162 Å². The van der Waals surface area contributed by atoms with Crippen LogP contribution in [0.5, 0.6) is 0 Å². The van der Waals surface area contributed by atoms with Crippen LogP contribution in [0.2, 0.25) is 0 Å². The Morgan fingerprint density at radius 1 is 1.11 bits per heavy atom. The smallest absolute Gasteiger partial charge is 0.331 e. The molecule has 4 nitrogen and oxygen atoms in total. The highest BCUT2D eigenvalue weighted by molar-refractivity contribution is 5.92. The fourth-order valence-corrected chi connectivity index (χ4v) is 2.87. The quantitative estimate of drug-likeness (QED) is 0.427. The number of nitrogens with zero attached hydrogens (tertiary/aromatic N) is 2. The van der Waals surface area contributed by atoms with Gasteiger partial charge in [-0.2, -0.15) is 0 Å². The summed E-state index contributed by atoms with van der Waals surface area (Å²) < 4.78 is 0. The van der Waals surface area contributed by atoms with Crippen LogP contribution in [-0.4, -0.2) is 21.0 Å². The minimum absolute atomic E-state index is 0.357. The van der Waals surface area contributed by atoms with Gasteiger partial charge >= 0.3 is 5.97 Å². The van der Waals surface area contributed by atoms with Crippen LogP contribution in [0.1, 0.15) is 64.0 Å². The van der Waals surface area contributed by atoms with Gasteiger partial charge in [-0.25, -0.2) is 14.8 Å². The van der Waals surface area contributed by atoms with E-state index in [1.54, 1.807) is 6.08 Å². The van der Waals surface area contributed by atoms with Crippen LogP contribution in [0.4, 0.5) is 0 Å². The summed E-state index contributed by atoms with van der Waals surface area (Å²) in [5, 5.41) is 9.43. The van der Waals surface area contributed by atoms with Crippen molar-refractivity contribution in [1.29, 1.82) is 0 Å². The number of carbonyl (C=O) groups is 1. The maximum Gasteiger partial charge on any atom is 0.331 e. The first-order valence-corrected chi connectivity index (χ1v) is 9.88. The zero-order valence-corrected chi connectivity index (χ0v) is 16.6. The van der Waals surface area contributed by atoms with Crippen molar-refractivity contribution in [1.82, 2.24) is 9.97 Å². The third-order valence-corrected chi connectivity index (χ3v) is 4.82. The van der Waals surface area contributed by atoms with E-state index < -0.39 is 5.97 Å². The molecule has 0 saturated carbocycles. The fraction of sp³-hybridized carbons (Fsp3) is 0.435. The first-order chi connectivity index (χ1) is 13.0. The summed E-state index contributed by atoms with van der Waals surface area (Å²) in [4.78, 5) is 20.4. The predicted octanol–water partition coefficient (Wildman–Crippen LogP) is 5.78. The Morgan fingerprint density at radius 2 is 1.78 bits per heavy atom. The Hall–Kier alpha value is -2.49. The highest BCUT2D eigenvalue weighted by atomic mass is 16.4. The van der Waals surface area contributed by atoms with Crippen LogP contribution in [0.15, 0.2) is 42.2 Å². The van der Waals surface area contributed by atoms with Crippen molar-refractivity contribution in [3.8, 4) is 11.4 Å². The number of aliphatic carboxylic acids is 1. The maximum absolute atomic E-state index is 11.5. The van der Waals surface area contributed by atoms with Crippen LogP contribution in [0.25, 0.3) is 17.5 Å². The van der Waals surface area contributed by atoms with Crippen molar-refractivity contribution < 1.29 is 9.90 Å². The van der Waals surface area contributed by atoms with Crippen LogP contribution >= 0.6 is 0 Å². The summed E-state index contributed by atoms with van der Waals surface area (Å²) in [6.07, 6.45) is 11.7. The summed E-state index contributed by atoms with van der Waals surface area (Å²) in [6, 6.07) is 7.74. The van der Waals surface area contributed by atoms with Crippen molar-refractivity contribution in [2.75, 3.05) is 0 Å². The van der Waals surface area contributed by atoms with E-state index in [9.17, 15) is 9.90 Å². The molecule has 0 unspecified atom stereocenters. The van der Waals surface area contributed by atoms with Gasteiger partial charge in [-0.1, -0.05) is 64.3 Å². The third kappa shape index (κ3) is 6.63. The molecular formula is C23H30N2O2. The van der Waals surface area contributed by atoms with E-state index in [0.717, 1.165) is 24.0 Å². The molecule has 0 radical (unpaired) electrons. The number of rotatable bonds is 10. The van der Waals surface area contributed by atoms with E-state index in [4.69, 9.17) is 0 Å². The molecule has 0 aliphatic rings. The van der Waals surface area contributed by atoms with Gasteiger partial charge in [0.1, 0.15) is 0 Å². The molecule has 144 valence electrons. The summed E-state index contributed by atoms with van der Waals surface area (Å²) in [5.74, 6) is 0.208. The zero-order chi connectivity index (χ0) is 19.6. The maximum atomic E-state index is 11.5. The lowest BCUT2D eigenvalue weighted by atomic mass is 9.97.